The zero-order chi connectivity index (χ0) is 14.9. The summed E-state index contributed by atoms with van der Waals surface area (Å²) >= 11 is 0. The molecule has 0 radical (unpaired) electrons. The topological polar surface area (TPSA) is 35.0 Å². The number of hydrogen-bond donors (Lipinski definition) is 1. The van der Waals surface area contributed by atoms with E-state index in [1.54, 1.807) is 5.56 Å². The summed E-state index contributed by atoms with van der Waals surface area (Å²) in [6, 6.07) is 13.4. The first kappa shape index (κ1) is 18.7. The highest BCUT2D eigenvalue weighted by molar-refractivity contribution is 5.84. The van der Waals surface area contributed by atoms with Crippen LogP contribution in [0.15, 0.2) is 36.4 Å². The number of hydrogen-bond acceptors (Lipinski definition) is 1. The van der Waals surface area contributed by atoms with Gasteiger partial charge in [0, 0.05) is 0 Å². The van der Waals surface area contributed by atoms with E-state index in [4.69, 9.17) is 0 Å². The van der Waals surface area contributed by atoms with Gasteiger partial charge in [0.1, 0.15) is 0 Å². The van der Waals surface area contributed by atoms with Crippen LogP contribution in [0.1, 0.15) is 69.4 Å². The van der Waals surface area contributed by atoms with Crippen LogP contribution < -0.4 is 6.15 Å². The Labute approximate surface area is 136 Å². The van der Waals surface area contributed by atoms with Gasteiger partial charge in [-0.25, -0.2) is 0 Å². The van der Waals surface area contributed by atoms with Crippen molar-refractivity contribution in [1.82, 2.24) is 6.15 Å². The Morgan fingerprint density at radius 1 is 0.727 bits per heavy atom. The molecule has 0 heterocycles. The fraction of sp³-hybridized carbons (Fsp3) is 0.524. The first-order valence-electron chi connectivity index (χ1n) is 8.79. The van der Waals surface area contributed by atoms with Gasteiger partial charge in [-0.2, -0.15) is 0 Å². The van der Waals surface area contributed by atoms with Gasteiger partial charge in [-0.3, -0.25) is 0 Å². The zero-order valence-electron chi connectivity index (χ0n) is 14.5. The highest BCUT2D eigenvalue weighted by Gasteiger charge is 2.01. The Morgan fingerprint density at radius 2 is 1.27 bits per heavy atom. The molecule has 0 aliphatic rings. The van der Waals surface area contributed by atoms with E-state index in [9.17, 15) is 0 Å². The molecule has 1 nitrogen and oxygen atoms in total. The van der Waals surface area contributed by atoms with Gasteiger partial charge in [0.05, 0.1) is 0 Å². The first-order chi connectivity index (χ1) is 10.3. The van der Waals surface area contributed by atoms with E-state index >= 15 is 0 Å². The summed E-state index contributed by atoms with van der Waals surface area (Å²) in [6.07, 6.45) is 12.4. The summed E-state index contributed by atoms with van der Waals surface area (Å²) in [6.45, 7) is 4.54. The molecule has 122 valence electrons. The van der Waals surface area contributed by atoms with E-state index in [2.05, 4.69) is 50.2 Å². The van der Waals surface area contributed by atoms with Gasteiger partial charge in [0.2, 0.25) is 0 Å². The highest BCUT2D eigenvalue weighted by Crippen LogP contribution is 2.21. The zero-order valence-corrected chi connectivity index (χ0v) is 14.5. The van der Waals surface area contributed by atoms with Crippen molar-refractivity contribution in [3.8, 4) is 0 Å². The number of unbranched alkanes of at least 4 members (excludes halogenated alkanes) is 7. The van der Waals surface area contributed by atoms with Crippen molar-refractivity contribution < 1.29 is 0 Å². The minimum Gasteiger partial charge on any atom is -0.344 e. The SMILES string of the molecule is CCCCCCCCCCc1cc2ccccc2cc1C.N. The highest BCUT2D eigenvalue weighted by atomic mass is 14.1. The molecule has 0 saturated heterocycles. The van der Waals surface area contributed by atoms with Crippen LogP contribution in [0.2, 0.25) is 0 Å². The standard InChI is InChI=1S/C21H30.H3N/c1-3-4-5-6-7-8-9-10-13-19-17-21-15-12-11-14-20(21)16-18(19)2;/h11-12,14-17H,3-10,13H2,1-2H3;1H3. The lowest BCUT2D eigenvalue weighted by molar-refractivity contribution is 0.575. The quantitative estimate of drug-likeness (QED) is 0.497. The molecule has 22 heavy (non-hydrogen) atoms. The van der Waals surface area contributed by atoms with Crippen LogP contribution in [0.4, 0.5) is 0 Å². The van der Waals surface area contributed by atoms with E-state index in [0.29, 0.717) is 0 Å². The summed E-state index contributed by atoms with van der Waals surface area (Å²) in [5, 5.41) is 2.76. The molecule has 2 aromatic rings. The molecule has 0 saturated carbocycles. The molecule has 2 aromatic carbocycles. The molecular formula is C21H33N. The van der Waals surface area contributed by atoms with Crippen molar-refractivity contribution in [3.63, 3.8) is 0 Å². The second kappa shape index (κ2) is 10.4. The monoisotopic (exact) mass is 299 g/mol. The van der Waals surface area contributed by atoms with Gasteiger partial charge in [0.25, 0.3) is 0 Å². The van der Waals surface area contributed by atoms with Crippen LogP contribution in [0, 0.1) is 6.92 Å². The smallest absolute Gasteiger partial charge is 0.0181 e. The number of fused-ring (bicyclic) bond motifs is 1. The van der Waals surface area contributed by atoms with Crippen molar-refractivity contribution in [2.75, 3.05) is 0 Å². The van der Waals surface area contributed by atoms with Crippen LogP contribution in [0.3, 0.4) is 0 Å². The Balaban J connectivity index is 0.00000242. The largest absolute Gasteiger partial charge is 0.344 e. The molecule has 0 aliphatic carbocycles. The average Bonchev–Trinajstić information content (AvgIpc) is 2.50. The van der Waals surface area contributed by atoms with Crippen molar-refractivity contribution in [1.29, 1.82) is 0 Å². The summed E-state index contributed by atoms with van der Waals surface area (Å²) in [4.78, 5) is 0. The Bertz CT molecular complexity index is 545. The fourth-order valence-corrected chi connectivity index (χ4v) is 3.12. The van der Waals surface area contributed by atoms with Crippen molar-refractivity contribution in [2.45, 2.75) is 71.6 Å². The number of benzene rings is 2. The molecule has 0 aliphatic heterocycles. The second-order valence-corrected chi connectivity index (χ2v) is 6.35. The molecule has 0 unspecified atom stereocenters. The van der Waals surface area contributed by atoms with E-state index in [1.807, 2.05) is 0 Å². The van der Waals surface area contributed by atoms with E-state index < -0.39 is 0 Å². The molecule has 0 amide bonds. The second-order valence-electron chi connectivity index (χ2n) is 6.35. The minimum absolute atomic E-state index is 0. The maximum Gasteiger partial charge on any atom is -0.0181 e. The van der Waals surface area contributed by atoms with E-state index in [1.165, 1.54) is 74.1 Å². The maximum atomic E-state index is 2.39. The maximum absolute atomic E-state index is 2.39. The summed E-state index contributed by atoms with van der Waals surface area (Å²) in [5.41, 5.74) is 3.00. The molecule has 0 fully saturated rings. The van der Waals surface area contributed by atoms with Crippen molar-refractivity contribution in [3.05, 3.63) is 47.5 Å². The van der Waals surface area contributed by atoms with Crippen molar-refractivity contribution >= 4 is 10.8 Å². The minimum atomic E-state index is 0. The predicted molar refractivity (Wildman–Crippen MR) is 100 cm³/mol. The number of rotatable bonds is 9. The number of aryl methyl sites for hydroxylation is 2. The van der Waals surface area contributed by atoms with Crippen LogP contribution in [0.5, 0.6) is 0 Å². The van der Waals surface area contributed by atoms with Gasteiger partial charge in [0.15, 0.2) is 0 Å². The molecule has 2 rings (SSSR count). The van der Waals surface area contributed by atoms with Crippen molar-refractivity contribution in [2.24, 2.45) is 0 Å². The Hall–Kier alpha value is -1.34. The molecule has 0 spiro atoms. The molecule has 3 N–H and O–H groups in total. The fourth-order valence-electron chi connectivity index (χ4n) is 3.12. The lowest BCUT2D eigenvalue weighted by atomic mass is 9.97. The molecule has 0 atom stereocenters. The van der Waals surface area contributed by atoms with Gasteiger partial charge in [-0.1, -0.05) is 88.3 Å². The molecule has 1 heteroatoms. The van der Waals surface area contributed by atoms with E-state index in [0.717, 1.165) is 0 Å². The Kier molecular flexibility index (Phi) is 8.84. The third-order valence-corrected chi connectivity index (χ3v) is 4.50. The van der Waals surface area contributed by atoms with Gasteiger partial charge >= 0.3 is 0 Å². The summed E-state index contributed by atoms with van der Waals surface area (Å²) < 4.78 is 0. The molecule has 0 bridgehead atoms. The summed E-state index contributed by atoms with van der Waals surface area (Å²) in [5.74, 6) is 0. The Morgan fingerprint density at radius 3 is 1.91 bits per heavy atom. The molecular weight excluding hydrogens is 266 g/mol. The third kappa shape index (κ3) is 5.81. The average molecular weight is 300 g/mol. The predicted octanol–water partition coefficient (Wildman–Crippen LogP) is 6.99. The van der Waals surface area contributed by atoms with Crippen LogP contribution in [-0.2, 0) is 6.42 Å². The molecule has 0 aromatic heterocycles. The third-order valence-electron chi connectivity index (χ3n) is 4.50. The van der Waals surface area contributed by atoms with Gasteiger partial charge in [-0.05, 0) is 41.7 Å². The first-order valence-corrected chi connectivity index (χ1v) is 8.79. The van der Waals surface area contributed by atoms with Crippen LogP contribution in [-0.4, -0.2) is 0 Å². The van der Waals surface area contributed by atoms with Crippen LogP contribution >= 0.6 is 0 Å². The summed E-state index contributed by atoms with van der Waals surface area (Å²) in [7, 11) is 0. The van der Waals surface area contributed by atoms with Gasteiger partial charge in [-0.15, -0.1) is 0 Å². The van der Waals surface area contributed by atoms with Gasteiger partial charge < -0.3 is 6.15 Å². The lowest BCUT2D eigenvalue weighted by Crippen LogP contribution is -1.91. The lowest BCUT2D eigenvalue weighted by Gasteiger charge is -2.08. The normalized spacial score (nSPS) is 10.6. The van der Waals surface area contributed by atoms with E-state index in [-0.39, 0.29) is 6.15 Å². The van der Waals surface area contributed by atoms with Crippen LogP contribution in [0.25, 0.3) is 10.8 Å².